The molecule has 0 amide bonds. The fourth-order valence-corrected chi connectivity index (χ4v) is 4.03. The molecule has 0 saturated carbocycles. The first-order valence-corrected chi connectivity index (χ1v) is 9.95. The zero-order chi connectivity index (χ0) is 19.3. The summed E-state index contributed by atoms with van der Waals surface area (Å²) < 4.78 is 17.7. The first-order chi connectivity index (χ1) is 13.0. The van der Waals surface area contributed by atoms with Crippen LogP contribution in [-0.4, -0.2) is 46.8 Å². The maximum atomic E-state index is 11.8. The highest BCUT2D eigenvalue weighted by atomic mass is 31.1. The van der Waals surface area contributed by atoms with Crippen LogP contribution in [-0.2, 0) is 22.1 Å². The summed E-state index contributed by atoms with van der Waals surface area (Å²) in [7, 11) is -1.44. The molecule has 27 heavy (non-hydrogen) atoms. The van der Waals surface area contributed by atoms with E-state index in [9.17, 15) is 14.5 Å². The van der Waals surface area contributed by atoms with Crippen LogP contribution in [0, 0.1) is 0 Å². The summed E-state index contributed by atoms with van der Waals surface area (Å²) in [6.45, 7) is 0.750. The van der Waals surface area contributed by atoms with Crippen LogP contribution in [0.1, 0.15) is 21.5 Å². The van der Waals surface area contributed by atoms with Gasteiger partial charge in [-0.15, -0.1) is 0 Å². The van der Waals surface area contributed by atoms with Crippen molar-refractivity contribution in [1.29, 1.82) is 0 Å². The standard InChI is InChI=1S/C20H24NO5P/c22-19(23)16-8-4-7-15(9-16)10-17-13-26-18(12-21-17)20(24,27-25)11-14-5-2-1-3-6-14/h1-9,17-18,21,24H,10-13,27H2,(H,22,23)/t17-,18-,20?/m1/s1. The minimum absolute atomic E-state index is 0.00734. The molecule has 0 aromatic heterocycles. The van der Waals surface area contributed by atoms with E-state index in [0.717, 1.165) is 11.1 Å². The Morgan fingerprint density at radius 1 is 1.19 bits per heavy atom. The van der Waals surface area contributed by atoms with Gasteiger partial charge in [0.25, 0.3) is 0 Å². The van der Waals surface area contributed by atoms with Gasteiger partial charge >= 0.3 is 5.97 Å². The molecule has 2 aromatic rings. The molecular weight excluding hydrogens is 365 g/mol. The van der Waals surface area contributed by atoms with E-state index in [1.54, 1.807) is 18.2 Å². The lowest BCUT2D eigenvalue weighted by molar-refractivity contribution is -0.0845. The van der Waals surface area contributed by atoms with E-state index >= 15 is 0 Å². The summed E-state index contributed by atoms with van der Waals surface area (Å²) in [6.07, 6.45) is 0.353. The van der Waals surface area contributed by atoms with Gasteiger partial charge in [0.15, 0.2) is 0 Å². The zero-order valence-electron chi connectivity index (χ0n) is 14.9. The van der Waals surface area contributed by atoms with Crippen LogP contribution in [0.25, 0.3) is 0 Å². The summed E-state index contributed by atoms with van der Waals surface area (Å²) in [6, 6.07) is 16.3. The second kappa shape index (κ2) is 8.81. The van der Waals surface area contributed by atoms with Crippen LogP contribution in [0.4, 0.5) is 0 Å². The number of aliphatic hydroxyl groups is 1. The summed E-state index contributed by atoms with van der Waals surface area (Å²) >= 11 is 0. The van der Waals surface area contributed by atoms with Gasteiger partial charge in [-0.25, -0.2) is 4.79 Å². The zero-order valence-corrected chi connectivity index (χ0v) is 16.0. The van der Waals surface area contributed by atoms with Crippen molar-refractivity contribution in [3.05, 3.63) is 71.3 Å². The number of ether oxygens (including phenoxy) is 1. The van der Waals surface area contributed by atoms with E-state index in [2.05, 4.69) is 5.32 Å². The number of carboxylic acids is 1. The molecule has 1 aliphatic heterocycles. The number of aromatic carboxylic acids is 1. The van der Waals surface area contributed by atoms with Crippen LogP contribution in [0.15, 0.2) is 54.6 Å². The van der Waals surface area contributed by atoms with Gasteiger partial charge in [0.05, 0.1) is 20.6 Å². The van der Waals surface area contributed by atoms with Crippen molar-refractivity contribution in [1.82, 2.24) is 5.32 Å². The highest BCUT2D eigenvalue weighted by Gasteiger charge is 2.39. The Labute approximate surface area is 159 Å². The molecule has 0 bridgehead atoms. The SMILES string of the molecule is O=[PH2]C(O)(Cc1ccccc1)[C@H]1CN[C@H](Cc2cccc(C(=O)O)c2)CO1. The molecule has 2 unspecified atom stereocenters. The predicted octanol–water partition coefficient (Wildman–Crippen LogP) is 1.97. The fourth-order valence-electron chi connectivity index (χ4n) is 3.35. The van der Waals surface area contributed by atoms with E-state index in [-0.39, 0.29) is 18.0 Å². The molecule has 7 heteroatoms. The van der Waals surface area contributed by atoms with E-state index < -0.39 is 25.9 Å². The average Bonchev–Trinajstić information content (AvgIpc) is 2.69. The topological polar surface area (TPSA) is 95.9 Å². The molecule has 2 aromatic carbocycles. The number of benzene rings is 2. The lowest BCUT2D eigenvalue weighted by Gasteiger charge is -2.38. The molecule has 144 valence electrons. The van der Waals surface area contributed by atoms with Crippen molar-refractivity contribution in [3.8, 4) is 0 Å². The monoisotopic (exact) mass is 389 g/mol. The predicted molar refractivity (Wildman–Crippen MR) is 104 cm³/mol. The second-order valence-electron chi connectivity index (χ2n) is 6.91. The molecule has 0 spiro atoms. The van der Waals surface area contributed by atoms with Crippen molar-refractivity contribution in [2.75, 3.05) is 13.2 Å². The molecule has 1 aliphatic rings. The highest BCUT2D eigenvalue weighted by Crippen LogP contribution is 2.31. The number of rotatable bonds is 7. The molecule has 1 saturated heterocycles. The summed E-state index contributed by atoms with van der Waals surface area (Å²) in [5, 5.41) is 21.9. The fraction of sp³-hybridized carbons (Fsp3) is 0.350. The van der Waals surface area contributed by atoms with Gasteiger partial charge in [0, 0.05) is 19.0 Å². The smallest absolute Gasteiger partial charge is 0.335 e. The molecule has 0 aliphatic carbocycles. The normalized spacial score (nSPS) is 22.6. The van der Waals surface area contributed by atoms with E-state index in [1.165, 1.54) is 0 Å². The van der Waals surface area contributed by atoms with Crippen molar-refractivity contribution >= 4 is 14.4 Å². The number of morpholine rings is 1. The van der Waals surface area contributed by atoms with Gasteiger partial charge in [0.2, 0.25) is 0 Å². The Balaban J connectivity index is 1.59. The van der Waals surface area contributed by atoms with Crippen LogP contribution in [0.2, 0.25) is 0 Å². The molecule has 3 N–H and O–H groups in total. The molecule has 0 radical (unpaired) electrons. The van der Waals surface area contributed by atoms with Crippen molar-refractivity contribution in [2.24, 2.45) is 0 Å². The Morgan fingerprint density at radius 3 is 2.56 bits per heavy atom. The molecule has 1 fully saturated rings. The first kappa shape index (κ1) is 19.8. The van der Waals surface area contributed by atoms with Crippen LogP contribution >= 0.6 is 8.46 Å². The third-order valence-corrected chi connectivity index (χ3v) is 5.82. The third-order valence-electron chi connectivity index (χ3n) is 4.84. The third kappa shape index (κ3) is 5.05. The lowest BCUT2D eigenvalue weighted by Crippen LogP contribution is -2.55. The van der Waals surface area contributed by atoms with Gasteiger partial charge < -0.3 is 24.8 Å². The van der Waals surface area contributed by atoms with Gasteiger partial charge in [0.1, 0.15) is 11.4 Å². The quantitative estimate of drug-likeness (QED) is 0.627. The number of carbonyl (C=O) groups is 1. The number of hydrogen-bond acceptors (Lipinski definition) is 5. The Hall–Kier alpha value is -1.98. The van der Waals surface area contributed by atoms with Gasteiger partial charge in [-0.1, -0.05) is 42.5 Å². The van der Waals surface area contributed by atoms with E-state index in [0.29, 0.717) is 19.6 Å². The highest BCUT2D eigenvalue weighted by molar-refractivity contribution is 7.25. The minimum atomic E-state index is -1.44. The maximum Gasteiger partial charge on any atom is 0.335 e. The van der Waals surface area contributed by atoms with Crippen molar-refractivity contribution in [3.63, 3.8) is 0 Å². The second-order valence-corrected chi connectivity index (χ2v) is 8.14. The Bertz CT molecular complexity index is 792. The minimum Gasteiger partial charge on any atom is -0.478 e. The molecule has 1 heterocycles. The largest absolute Gasteiger partial charge is 0.478 e. The maximum absolute atomic E-state index is 11.8. The van der Waals surface area contributed by atoms with Gasteiger partial charge in [-0.3, -0.25) is 0 Å². The number of carboxylic acid groups (broad SMARTS) is 1. The molecule has 6 nitrogen and oxygen atoms in total. The number of hydrogen-bond donors (Lipinski definition) is 3. The number of nitrogens with one attached hydrogen (secondary N) is 1. The molecule has 4 atom stereocenters. The lowest BCUT2D eigenvalue weighted by atomic mass is 9.99. The Morgan fingerprint density at radius 2 is 1.93 bits per heavy atom. The van der Waals surface area contributed by atoms with E-state index in [4.69, 9.17) is 9.84 Å². The van der Waals surface area contributed by atoms with Crippen LogP contribution in [0.5, 0.6) is 0 Å². The van der Waals surface area contributed by atoms with Crippen LogP contribution in [0.3, 0.4) is 0 Å². The summed E-state index contributed by atoms with van der Waals surface area (Å²) in [4.78, 5) is 11.1. The van der Waals surface area contributed by atoms with Crippen molar-refractivity contribution in [2.45, 2.75) is 30.3 Å². The summed E-state index contributed by atoms with van der Waals surface area (Å²) in [5.41, 5.74) is 2.08. The first-order valence-electron chi connectivity index (χ1n) is 8.90. The summed E-state index contributed by atoms with van der Waals surface area (Å²) in [5.74, 6) is -0.950. The molecule has 3 rings (SSSR count). The van der Waals surface area contributed by atoms with Gasteiger partial charge in [-0.05, 0) is 29.7 Å². The van der Waals surface area contributed by atoms with Gasteiger partial charge in [-0.2, -0.15) is 0 Å². The Kier molecular flexibility index (Phi) is 6.45. The molecular formula is C20H24NO5P. The average molecular weight is 389 g/mol. The van der Waals surface area contributed by atoms with E-state index in [1.807, 2.05) is 36.4 Å². The van der Waals surface area contributed by atoms with Crippen LogP contribution < -0.4 is 5.32 Å². The van der Waals surface area contributed by atoms with Crippen molar-refractivity contribution < 1.29 is 24.3 Å².